The summed E-state index contributed by atoms with van der Waals surface area (Å²) in [6.07, 6.45) is 0.924. The molecule has 0 aliphatic carbocycles. The van der Waals surface area contributed by atoms with Crippen molar-refractivity contribution in [1.82, 2.24) is 0 Å². The van der Waals surface area contributed by atoms with E-state index in [4.69, 9.17) is 4.74 Å². The van der Waals surface area contributed by atoms with E-state index in [0.717, 1.165) is 0 Å². The van der Waals surface area contributed by atoms with Gasteiger partial charge in [-0.15, -0.1) is 0 Å². The molecule has 0 heterocycles. The molecule has 0 saturated carbocycles. The van der Waals surface area contributed by atoms with E-state index in [1.54, 1.807) is 13.8 Å². The largest absolute Gasteiger partial charge is 0.458 e. The number of carbonyl (C=O) groups excluding carboxylic acids is 2. The molecule has 1 unspecified atom stereocenters. The molecule has 4 nitrogen and oxygen atoms in total. The fourth-order valence-electron chi connectivity index (χ4n) is 0.614. The van der Waals surface area contributed by atoms with Gasteiger partial charge in [-0.2, -0.15) is 0 Å². The summed E-state index contributed by atoms with van der Waals surface area (Å²) >= 11 is 0. The van der Waals surface area contributed by atoms with E-state index in [-0.39, 0.29) is 12.1 Å². The first-order chi connectivity index (χ1) is 5.93. The number of esters is 2. The highest BCUT2D eigenvalue weighted by atomic mass is 16.5. The highest BCUT2D eigenvalue weighted by Crippen LogP contribution is 2.05. The standard InChI is InChI=1S/C9H14O4/c1-6(5-12-8(3)10)7(2)13-9(4)11/h5,7H,1-4H3. The van der Waals surface area contributed by atoms with Crippen LogP contribution in [0, 0.1) is 0 Å². The zero-order chi connectivity index (χ0) is 10.4. The summed E-state index contributed by atoms with van der Waals surface area (Å²) in [4.78, 5) is 21.0. The maximum absolute atomic E-state index is 10.5. The van der Waals surface area contributed by atoms with E-state index in [2.05, 4.69) is 4.74 Å². The van der Waals surface area contributed by atoms with E-state index in [1.807, 2.05) is 0 Å². The van der Waals surface area contributed by atoms with Gasteiger partial charge in [0.15, 0.2) is 0 Å². The minimum absolute atomic E-state index is 0.358. The Kier molecular flexibility index (Phi) is 4.80. The average molecular weight is 186 g/mol. The van der Waals surface area contributed by atoms with Gasteiger partial charge in [-0.3, -0.25) is 9.59 Å². The number of ether oxygens (including phenoxy) is 2. The van der Waals surface area contributed by atoms with Gasteiger partial charge in [0.1, 0.15) is 6.10 Å². The second-order valence-electron chi connectivity index (χ2n) is 2.72. The van der Waals surface area contributed by atoms with Crippen molar-refractivity contribution in [3.8, 4) is 0 Å². The molecule has 0 aliphatic rings. The molecule has 0 aromatic carbocycles. The Morgan fingerprint density at radius 3 is 2.08 bits per heavy atom. The molecule has 0 aromatic rings. The van der Waals surface area contributed by atoms with Crippen molar-refractivity contribution in [3.05, 3.63) is 11.8 Å². The predicted octanol–water partition coefficient (Wildman–Crippen LogP) is 1.40. The van der Waals surface area contributed by atoms with Crippen LogP contribution in [0.1, 0.15) is 27.7 Å². The van der Waals surface area contributed by atoms with Crippen molar-refractivity contribution in [2.24, 2.45) is 0 Å². The highest BCUT2D eigenvalue weighted by Gasteiger charge is 2.07. The van der Waals surface area contributed by atoms with Gasteiger partial charge >= 0.3 is 11.9 Å². The molecule has 0 N–H and O–H groups in total. The van der Waals surface area contributed by atoms with Crippen molar-refractivity contribution in [2.45, 2.75) is 33.8 Å². The molecule has 0 bridgehead atoms. The predicted molar refractivity (Wildman–Crippen MR) is 46.8 cm³/mol. The lowest BCUT2D eigenvalue weighted by atomic mass is 10.2. The lowest BCUT2D eigenvalue weighted by molar-refractivity contribution is -0.143. The van der Waals surface area contributed by atoms with Gasteiger partial charge in [0, 0.05) is 19.4 Å². The van der Waals surface area contributed by atoms with Gasteiger partial charge < -0.3 is 9.47 Å². The van der Waals surface area contributed by atoms with E-state index in [9.17, 15) is 9.59 Å². The van der Waals surface area contributed by atoms with Crippen LogP contribution >= 0.6 is 0 Å². The number of rotatable bonds is 3. The molecular formula is C9H14O4. The van der Waals surface area contributed by atoms with Gasteiger partial charge in [0.25, 0.3) is 0 Å². The highest BCUT2D eigenvalue weighted by molar-refractivity contribution is 5.67. The number of carbonyl (C=O) groups is 2. The Morgan fingerprint density at radius 2 is 1.69 bits per heavy atom. The maximum atomic E-state index is 10.5. The first-order valence-corrected chi connectivity index (χ1v) is 3.94. The van der Waals surface area contributed by atoms with Gasteiger partial charge in [-0.25, -0.2) is 0 Å². The third-order valence-corrected chi connectivity index (χ3v) is 1.39. The van der Waals surface area contributed by atoms with Crippen molar-refractivity contribution in [1.29, 1.82) is 0 Å². The SMILES string of the molecule is CC(=O)OC=C(C)C(C)OC(C)=O. The smallest absolute Gasteiger partial charge is 0.307 e. The first-order valence-electron chi connectivity index (χ1n) is 3.94. The summed E-state index contributed by atoms with van der Waals surface area (Å²) in [6.45, 7) is 6.06. The fraction of sp³-hybridized carbons (Fsp3) is 0.556. The molecule has 0 fully saturated rings. The van der Waals surface area contributed by atoms with E-state index >= 15 is 0 Å². The Morgan fingerprint density at radius 1 is 1.15 bits per heavy atom. The Hall–Kier alpha value is -1.32. The molecule has 4 heteroatoms. The molecule has 1 atom stereocenters. The van der Waals surface area contributed by atoms with Crippen LogP contribution in [0.25, 0.3) is 0 Å². The van der Waals surface area contributed by atoms with Crippen LogP contribution < -0.4 is 0 Å². The molecule has 0 spiro atoms. The Labute approximate surface area is 77.5 Å². The second kappa shape index (κ2) is 5.35. The van der Waals surface area contributed by atoms with Crippen LogP contribution in [0.3, 0.4) is 0 Å². The topological polar surface area (TPSA) is 52.6 Å². The minimum atomic E-state index is -0.394. The first kappa shape index (κ1) is 11.7. The fourth-order valence-corrected chi connectivity index (χ4v) is 0.614. The molecule has 13 heavy (non-hydrogen) atoms. The molecular weight excluding hydrogens is 172 g/mol. The Bertz CT molecular complexity index is 230. The lowest BCUT2D eigenvalue weighted by Gasteiger charge is -2.11. The summed E-state index contributed by atoms with van der Waals surface area (Å²) in [6, 6.07) is 0. The molecule has 0 amide bonds. The van der Waals surface area contributed by atoms with Crippen LogP contribution in [0.5, 0.6) is 0 Å². The molecule has 74 valence electrons. The minimum Gasteiger partial charge on any atom is -0.458 e. The van der Waals surface area contributed by atoms with Crippen LogP contribution in [-0.2, 0) is 19.1 Å². The average Bonchev–Trinajstić information content (AvgIpc) is 1.98. The maximum Gasteiger partial charge on any atom is 0.307 e. The molecule has 0 saturated heterocycles. The molecule has 0 radical (unpaired) electrons. The monoisotopic (exact) mass is 186 g/mol. The summed E-state index contributed by atoms with van der Waals surface area (Å²) in [5, 5.41) is 0. The van der Waals surface area contributed by atoms with E-state index < -0.39 is 5.97 Å². The van der Waals surface area contributed by atoms with E-state index in [0.29, 0.717) is 5.57 Å². The van der Waals surface area contributed by atoms with Crippen molar-refractivity contribution in [2.75, 3.05) is 0 Å². The number of hydrogen-bond acceptors (Lipinski definition) is 4. The van der Waals surface area contributed by atoms with E-state index in [1.165, 1.54) is 20.1 Å². The Balaban J connectivity index is 4.07. The summed E-state index contributed by atoms with van der Waals surface area (Å²) in [7, 11) is 0. The molecule has 0 aromatic heterocycles. The third-order valence-electron chi connectivity index (χ3n) is 1.39. The summed E-state index contributed by atoms with van der Waals surface area (Å²) in [5.41, 5.74) is 0.686. The lowest BCUT2D eigenvalue weighted by Crippen LogP contribution is -2.13. The summed E-state index contributed by atoms with van der Waals surface area (Å²) < 4.78 is 9.46. The van der Waals surface area contributed by atoms with Gasteiger partial charge in [0.2, 0.25) is 0 Å². The third kappa shape index (κ3) is 5.90. The van der Waals surface area contributed by atoms with Crippen LogP contribution in [0.4, 0.5) is 0 Å². The molecule has 0 rings (SSSR count). The molecule has 0 aliphatic heterocycles. The van der Waals surface area contributed by atoms with Crippen LogP contribution in [0.15, 0.2) is 11.8 Å². The quantitative estimate of drug-likeness (QED) is 0.494. The van der Waals surface area contributed by atoms with Crippen LogP contribution in [0.2, 0.25) is 0 Å². The zero-order valence-corrected chi connectivity index (χ0v) is 8.29. The van der Waals surface area contributed by atoms with Crippen molar-refractivity contribution in [3.63, 3.8) is 0 Å². The second-order valence-corrected chi connectivity index (χ2v) is 2.72. The van der Waals surface area contributed by atoms with Gasteiger partial charge in [-0.1, -0.05) is 0 Å². The normalized spacial score (nSPS) is 13.4. The van der Waals surface area contributed by atoms with Gasteiger partial charge in [0.05, 0.1) is 6.26 Å². The van der Waals surface area contributed by atoms with Crippen molar-refractivity contribution >= 4 is 11.9 Å². The van der Waals surface area contributed by atoms with Gasteiger partial charge in [-0.05, 0) is 13.8 Å². The van der Waals surface area contributed by atoms with Crippen LogP contribution in [-0.4, -0.2) is 18.0 Å². The zero-order valence-electron chi connectivity index (χ0n) is 8.29. The van der Waals surface area contributed by atoms with Crippen molar-refractivity contribution < 1.29 is 19.1 Å². The summed E-state index contributed by atoms with van der Waals surface area (Å²) in [5.74, 6) is -0.752. The number of hydrogen-bond donors (Lipinski definition) is 0.